The van der Waals surface area contributed by atoms with Gasteiger partial charge in [0.25, 0.3) is 0 Å². The molecule has 4 unspecified atom stereocenters. The van der Waals surface area contributed by atoms with Crippen LogP contribution in [0, 0.1) is 11.8 Å². The Balaban J connectivity index is 2.21. The third-order valence-corrected chi connectivity index (χ3v) is 4.63. The first kappa shape index (κ1) is 15.6. The predicted molar refractivity (Wildman–Crippen MR) is 84.9 cm³/mol. The zero-order chi connectivity index (χ0) is 14.5. The number of hydrogen-bond acceptors (Lipinski definition) is 2. The first-order valence-corrected chi connectivity index (χ1v) is 8.42. The van der Waals surface area contributed by atoms with E-state index in [0.717, 1.165) is 24.8 Å². The maximum atomic E-state index is 4.58. The summed E-state index contributed by atoms with van der Waals surface area (Å²) in [6.45, 7) is 10.4. The number of hydrogen-bond donors (Lipinski definition) is 1. The molecule has 0 aromatic carbocycles. The van der Waals surface area contributed by atoms with Crippen LogP contribution in [-0.2, 0) is 6.42 Å². The van der Waals surface area contributed by atoms with E-state index < -0.39 is 0 Å². The molecule has 1 heterocycles. The Labute approximate surface area is 124 Å². The van der Waals surface area contributed by atoms with Crippen LogP contribution >= 0.6 is 0 Å². The summed E-state index contributed by atoms with van der Waals surface area (Å²) in [5.74, 6) is 2.81. The molecule has 114 valence electrons. The molecule has 4 atom stereocenters. The normalized spacial score (nSPS) is 30.6. The second-order valence-corrected chi connectivity index (χ2v) is 6.61. The van der Waals surface area contributed by atoms with E-state index in [4.69, 9.17) is 0 Å². The summed E-state index contributed by atoms with van der Waals surface area (Å²) in [6.07, 6.45) is 10.3. The van der Waals surface area contributed by atoms with E-state index in [-0.39, 0.29) is 0 Å². The molecule has 0 spiro atoms. The number of aryl methyl sites for hydroxylation is 1. The molecule has 1 saturated carbocycles. The second-order valence-electron chi connectivity index (χ2n) is 6.61. The SMILES string of the molecule is CCCNC1CC(C)CC(C)C1n1ccnc1CCC. The molecule has 1 aliphatic rings. The van der Waals surface area contributed by atoms with Crippen LogP contribution < -0.4 is 5.32 Å². The fourth-order valence-corrected chi connectivity index (χ4v) is 3.87. The van der Waals surface area contributed by atoms with Gasteiger partial charge in [0, 0.05) is 24.9 Å². The summed E-state index contributed by atoms with van der Waals surface area (Å²) >= 11 is 0. The molecule has 1 N–H and O–H groups in total. The highest BCUT2D eigenvalue weighted by atomic mass is 15.1. The summed E-state index contributed by atoms with van der Waals surface area (Å²) in [4.78, 5) is 4.58. The number of aromatic nitrogens is 2. The molecule has 3 heteroatoms. The molecular weight excluding hydrogens is 246 g/mol. The van der Waals surface area contributed by atoms with Gasteiger partial charge in [-0.05, 0) is 44.1 Å². The van der Waals surface area contributed by atoms with E-state index in [1.165, 1.54) is 31.5 Å². The zero-order valence-electron chi connectivity index (χ0n) is 13.6. The van der Waals surface area contributed by atoms with Gasteiger partial charge in [0.2, 0.25) is 0 Å². The quantitative estimate of drug-likeness (QED) is 0.857. The highest BCUT2D eigenvalue weighted by molar-refractivity contribution is 5.01. The first-order chi connectivity index (χ1) is 9.67. The van der Waals surface area contributed by atoms with Gasteiger partial charge < -0.3 is 9.88 Å². The van der Waals surface area contributed by atoms with Crippen molar-refractivity contribution in [1.29, 1.82) is 0 Å². The Morgan fingerprint density at radius 1 is 1.25 bits per heavy atom. The topological polar surface area (TPSA) is 29.9 Å². The zero-order valence-corrected chi connectivity index (χ0v) is 13.6. The van der Waals surface area contributed by atoms with Crippen molar-refractivity contribution in [2.45, 2.75) is 71.9 Å². The summed E-state index contributed by atoms with van der Waals surface area (Å²) in [5, 5.41) is 3.79. The van der Waals surface area contributed by atoms with Crippen LogP contribution in [0.2, 0.25) is 0 Å². The fourth-order valence-electron chi connectivity index (χ4n) is 3.87. The molecule has 0 radical (unpaired) electrons. The maximum absolute atomic E-state index is 4.58. The van der Waals surface area contributed by atoms with Crippen molar-refractivity contribution >= 4 is 0 Å². The lowest BCUT2D eigenvalue weighted by Gasteiger charge is -2.41. The Bertz CT molecular complexity index is 399. The summed E-state index contributed by atoms with van der Waals surface area (Å²) in [7, 11) is 0. The molecule has 1 aromatic heterocycles. The molecule has 1 aromatic rings. The fraction of sp³-hybridized carbons (Fsp3) is 0.824. The Morgan fingerprint density at radius 2 is 2.05 bits per heavy atom. The van der Waals surface area contributed by atoms with Crippen molar-refractivity contribution < 1.29 is 0 Å². The van der Waals surface area contributed by atoms with Gasteiger partial charge in [0.1, 0.15) is 5.82 Å². The highest BCUT2D eigenvalue weighted by Crippen LogP contribution is 2.37. The van der Waals surface area contributed by atoms with Gasteiger partial charge in [-0.15, -0.1) is 0 Å². The van der Waals surface area contributed by atoms with Gasteiger partial charge in [-0.3, -0.25) is 0 Å². The van der Waals surface area contributed by atoms with E-state index >= 15 is 0 Å². The molecule has 0 bridgehead atoms. The van der Waals surface area contributed by atoms with E-state index in [1.807, 2.05) is 6.20 Å². The Kier molecular flexibility index (Phi) is 5.64. The van der Waals surface area contributed by atoms with Crippen molar-refractivity contribution in [2.24, 2.45) is 11.8 Å². The summed E-state index contributed by atoms with van der Waals surface area (Å²) in [5.41, 5.74) is 0. The monoisotopic (exact) mass is 277 g/mol. The number of nitrogens with zero attached hydrogens (tertiary/aromatic N) is 2. The minimum Gasteiger partial charge on any atom is -0.330 e. The van der Waals surface area contributed by atoms with Crippen LogP contribution in [0.4, 0.5) is 0 Å². The highest BCUT2D eigenvalue weighted by Gasteiger charge is 2.35. The van der Waals surface area contributed by atoms with Crippen LogP contribution in [0.3, 0.4) is 0 Å². The minimum absolute atomic E-state index is 0.571. The van der Waals surface area contributed by atoms with Gasteiger partial charge >= 0.3 is 0 Å². The van der Waals surface area contributed by atoms with Crippen LogP contribution in [0.25, 0.3) is 0 Å². The molecule has 1 aliphatic carbocycles. The minimum atomic E-state index is 0.571. The van der Waals surface area contributed by atoms with Gasteiger partial charge in [-0.25, -0.2) is 4.98 Å². The van der Waals surface area contributed by atoms with Crippen molar-refractivity contribution in [1.82, 2.24) is 14.9 Å². The number of imidazole rings is 1. The predicted octanol–water partition coefficient (Wildman–Crippen LogP) is 3.81. The van der Waals surface area contributed by atoms with Crippen LogP contribution in [0.1, 0.15) is 65.2 Å². The van der Waals surface area contributed by atoms with E-state index in [0.29, 0.717) is 12.1 Å². The van der Waals surface area contributed by atoms with Crippen molar-refractivity contribution in [2.75, 3.05) is 6.54 Å². The van der Waals surface area contributed by atoms with Crippen molar-refractivity contribution in [3.05, 3.63) is 18.2 Å². The van der Waals surface area contributed by atoms with Crippen molar-refractivity contribution in [3.63, 3.8) is 0 Å². The lowest BCUT2D eigenvalue weighted by atomic mass is 9.76. The smallest absolute Gasteiger partial charge is 0.108 e. The Morgan fingerprint density at radius 3 is 2.75 bits per heavy atom. The Hall–Kier alpha value is -0.830. The molecule has 0 saturated heterocycles. The van der Waals surface area contributed by atoms with E-state index in [9.17, 15) is 0 Å². The van der Waals surface area contributed by atoms with Crippen LogP contribution in [0.15, 0.2) is 12.4 Å². The molecule has 1 fully saturated rings. The maximum Gasteiger partial charge on any atom is 0.108 e. The van der Waals surface area contributed by atoms with Gasteiger partial charge in [0.15, 0.2) is 0 Å². The van der Waals surface area contributed by atoms with Crippen LogP contribution in [0.5, 0.6) is 0 Å². The summed E-state index contributed by atoms with van der Waals surface area (Å²) in [6, 6.07) is 1.17. The lowest BCUT2D eigenvalue weighted by Crippen LogP contribution is -2.45. The third kappa shape index (κ3) is 3.43. The molecule has 0 aliphatic heterocycles. The lowest BCUT2D eigenvalue weighted by molar-refractivity contribution is 0.151. The average Bonchev–Trinajstić information content (AvgIpc) is 2.84. The second kappa shape index (κ2) is 7.26. The number of rotatable bonds is 6. The van der Waals surface area contributed by atoms with Crippen LogP contribution in [-0.4, -0.2) is 22.1 Å². The largest absolute Gasteiger partial charge is 0.330 e. The molecule has 3 nitrogen and oxygen atoms in total. The van der Waals surface area contributed by atoms with Gasteiger partial charge in [0.05, 0.1) is 6.04 Å². The van der Waals surface area contributed by atoms with E-state index in [2.05, 4.69) is 48.8 Å². The molecule has 2 rings (SSSR count). The third-order valence-electron chi connectivity index (χ3n) is 4.63. The number of nitrogens with one attached hydrogen (secondary N) is 1. The van der Waals surface area contributed by atoms with Crippen molar-refractivity contribution in [3.8, 4) is 0 Å². The molecule has 20 heavy (non-hydrogen) atoms. The standard InChI is InChI=1S/C17H31N3/c1-5-7-16-19-9-10-20(16)17-14(4)11-13(3)12-15(17)18-8-6-2/h9-10,13-15,17-18H,5-8,11-12H2,1-4H3. The average molecular weight is 277 g/mol. The van der Waals surface area contributed by atoms with E-state index in [1.54, 1.807) is 0 Å². The van der Waals surface area contributed by atoms with Gasteiger partial charge in [-0.1, -0.05) is 27.7 Å². The van der Waals surface area contributed by atoms with Gasteiger partial charge in [-0.2, -0.15) is 0 Å². The summed E-state index contributed by atoms with van der Waals surface area (Å²) < 4.78 is 2.47. The molecular formula is C17H31N3. The first-order valence-electron chi connectivity index (χ1n) is 8.42. The molecule has 0 amide bonds.